The number of hydrogen-bond acceptors (Lipinski definition) is 9. The molecule has 1 aromatic heterocycles. The largest absolute Gasteiger partial charge is 0.469 e. The summed E-state index contributed by atoms with van der Waals surface area (Å²) in [5.74, 6) is -0.534. The lowest BCUT2D eigenvalue weighted by atomic mass is 10.1. The first-order valence-electron chi connectivity index (χ1n) is 7.50. The Morgan fingerprint density at radius 3 is 2.48 bits per heavy atom. The third kappa shape index (κ3) is 5.34. The number of carbonyl (C=O) groups is 2. The number of aryl methyl sites for hydroxylation is 1. The maximum atomic E-state index is 12.5. The molecular formula is C15H17N5O6S. The van der Waals surface area contributed by atoms with Gasteiger partial charge in [-0.15, -0.1) is 0 Å². The highest BCUT2D eigenvalue weighted by Gasteiger charge is 2.23. The summed E-state index contributed by atoms with van der Waals surface area (Å²) < 4.78 is 36.3. The van der Waals surface area contributed by atoms with Crippen LogP contribution in [0.5, 0.6) is 6.01 Å². The monoisotopic (exact) mass is 395 g/mol. The van der Waals surface area contributed by atoms with Crippen molar-refractivity contribution in [3.8, 4) is 6.01 Å². The smallest absolute Gasteiger partial charge is 0.335 e. The molecule has 2 rings (SSSR count). The molecule has 0 saturated heterocycles. The van der Waals surface area contributed by atoms with Crippen LogP contribution in [0.3, 0.4) is 0 Å². The predicted molar refractivity (Wildman–Crippen MR) is 92.6 cm³/mol. The van der Waals surface area contributed by atoms with Crippen LogP contribution < -0.4 is 14.8 Å². The van der Waals surface area contributed by atoms with Crippen LogP contribution in [0.4, 0.5) is 10.7 Å². The molecule has 2 N–H and O–H groups in total. The number of hydrogen-bond donors (Lipinski definition) is 2. The van der Waals surface area contributed by atoms with Crippen LogP contribution >= 0.6 is 0 Å². The summed E-state index contributed by atoms with van der Waals surface area (Å²) in [6.45, 7) is 1.55. The van der Waals surface area contributed by atoms with Gasteiger partial charge in [-0.25, -0.2) is 17.9 Å². The standard InChI is InChI=1S/C15H17N5O6S/c1-9-16-13(19-15(17-9)26-3)18-14(22)20-27(23,24)11-7-5-4-6-10(11)8-12(21)25-2/h4-7H,8H2,1-3H3,(H2,16,17,18,19,20,22). The van der Waals surface area contributed by atoms with E-state index in [0.717, 1.165) is 0 Å². The maximum Gasteiger partial charge on any atom is 0.335 e. The SMILES string of the molecule is COC(=O)Cc1ccccc1S(=O)(=O)NC(=O)Nc1nc(C)nc(OC)n1. The highest BCUT2D eigenvalue weighted by Crippen LogP contribution is 2.16. The van der Waals surface area contributed by atoms with Gasteiger partial charge < -0.3 is 9.47 Å². The molecule has 1 aromatic carbocycles. The van der Waals surface area contributed by atoms with Gasteiger partial charge in [0.25, 0.3) is 10.0 Å². The Morgan fingerprint density at radius 2 is 1.81 bits per heavy atom. The van der Waals surface area contributed by atoms with E-state index in [0.29, 0.717) is 0 Å². The zero-order valence-corrected chi connectivity index (χ0v) is 15.5. The first-order valence-corrected chi connectivity index (χ1v) is 8.98. The van der Waals surface area contributed by atoms with E-state index in [1.807, 2.05) is 4.72 Å². The van der Waals surface area contributed by atoms with Gasteiger partial charge in [0.2, 0.25) is 5.95 Å². The van der Waals surface area contributed by atoms with E-state index in [4.69, 9.17) is 4.74 Å². The topological polar surface area (TPSA) is 149 Å². The summed E-state index contributed by atoms with van der Waals surface area (Å²) >= 11 is 0. The highest BCUT2D eigenvalue weighted by molar-refractivity contribution is 7.90. The van der Waals surface area contributed by atoms with Gasteiger partial charge in [0, 0.05) is 0 Å². The minimum absolute atomic E-state index is 0.0379. The van der Waals surface area contributed by atoms with E-state index >= 15 is 0 Å². The quantitative estimate of drug-likeness (QED) is 0.663. The maximum absolute atomic E-state index is 12.5. The number of methoxy groups -OCH3 is 2. The molecule has 0 aliphatic carbocycles. The molecule has 12 heteroatoms. The molecule has 27 heavy (non-hydrogen) atoms. The number of esters is 1. The lowest BCUT2D eigenvalue weighted by Gasteiger charge is -2.11. The van der Waals surface area contributed by atoms with Crippen LogP contribution in [0.25, 0.3) is 0 Å². The fourth-order valence-electron chi connectivity index (χ4n) is 2.05. The second-order valence-corrected chi connectivity index (χ2v) is 6.76. The summed E-state index contributed by atoms with van der Waals surface area (Å²) in [6.07, 6.45) is -0.265. The molecule has 0 spiro atoms. The molecule has 0 radical (unpaired) electrons. The average Bonchev–Trinajstić information content (AvgIpc) is 2.60. The molecule has 0 fully saturated rings. The molecule has 0 aliphatic rings. The van der Waals surface area contributed by atoms with Crippen LogP contribution in [0.1, 0.15) is 11.4 Å². The average molecular weight is 395 g/mol. The second-order valence-electron chi connectivity index (χ2n) is 5.11. The number of nitrogens with one attached hydrogen (secondary N) is 2. The van der Waals surface area contributed by atoms with Crippen molar-refractivity contribution in [1.29, 1.82) is 0 Å². The molecule has 2 amide bonds. The minimum atomic E-state index is -4.26. The van der Waals surface area contributed by atoms with Gasteiger partial charge in [-0.2, -0.15) is 15.0 Å². The van der Waals surface area contributed by atoms with Crippen LogP contribution in [0.15, 0.2) is 29.2 Å². The van der Waals surface area contributed by atoms with E-state index < -0.39 is 22.0 Å². The number of amides is 2. The molecule has 0 unspecified atom stereocenters. The lowest BCUT2D eigenvalue weighted by Crippen LogP contribution is -2.35. The molecular weight excluding hydrogens is 378 g/mol. The van der Waals surface area contributed by atoms with Crippen molar-refractivity contribution < 1.29 is 27.5 Å². The van der Waals surface area contributed by atoms with Crippen molar-refractivity contribution >= 4 is 28.0 Å². The molecule has 144 valence electrons. The Kier molecular flexibility index (Phi) is 6.23. The number of ether oxygens (including phenoxy) is 2. The zero-order valence-electron chi connectivity index (χ0n) is 14.7. The summed E-state index contributed by atoms with van der Waals surface area (Å²) in [7, 11) is -1.74. The first kappa shape index (κ1) is 20.0. The molecule has 2 aromatic rings. The van der Waals surface area contributed by atoms with Gasteiger partial charge in [-0.05, 0) is 18.6 Å². The van der Waals surface area contributed by atoms with Crippen molar-refractivity contribution in [2.24, 2.45) is 0 Å². The van der Waals surface area contributed by atoms with Crippen molar-refractivity contribution in [2.45, 2.75) is 18.2 Å². The van der Waals surface area contributed by atoms with Crippen LogP contribution in [-0.2, 0) is 26.0 Å². The number of nitrogens with zero attached hydrogens (tertiary/aromatic N) is 3. The predicted octanol–water partition coefficient (Wildman–Crippen LogP) is 0.415. The number of carbonyl (C=O) groups excluding carboxylic acids is 2. The molecule has 11 nitrogen and oxygen atoms in total. The van der Waals surface area contributed by atoms with Gasteiger partial charge in [-0.1, -0.05) is 18.2 Å². The Hall–Kier alpha value is -3.28. The summed E-state index contributed by atoms with van der Waals surface area (Å²) in [5, 5.41) is 2.19. The zero-order chi connectivity index (χ0) is 20.0. The van der Waals surface area contributed by atoms with Gasteiger partial charge in [-0.3, -0.25) is 10.1 Å². The first-order chi connectivity index (χ1) is 12.7. The third-order valence-electron chi connectivity index (χ3n) is 3.19. The number of benzene rings is 1. The Morgan fingerprint density at radius 1 is 1.11 bits per heavy atom. The van der Waals surface area contributed by atoms with Crippen molar-refractivity contribution in [1.82, 2.24) is 19.7 Å². The van der Waals surface area contributed by atoms with Crippen molar-refractivity contribution in [3.05, 3.63) is 35.7 Å². The summed E-state index contributed by atoms with van der Waals surface area (Å²) in [4.78, 5) is 34.8. The second kappa shape index (κ2) is 8.40. The number of rotatable bonds is 6. The van der Waals surface area contributed by atoms with Gasteiger partial charge in [0.05, 0.1) is 25.5 Å². The summed E-state index contributed by atoms with van der Waals surface area (Å²) in [5.41, 5.74) is 0.183. The van der Waals surface area contributed by atoms with Crippen LogP contribution in [-0.4, -0.2) is 49.6 Å². The number of sulfonamides is 1. The van der Waals surface area contributed by atoms with E-state index in [2.05, 4.69) is 25.0 Å². The van der Waals surface area contributed by atoms with Gasteiger partial charge in [0.1, 0.15) is 5.82 Å². The third-order valence-corrected chi connectivity index (χ3v) is 4.62. The number of anilines is 1. The highest BCUT2D eigenvalue weighted by atomic mass is 32.2. The normalized spacial score (nSPS) is 10.8. The molecule has 0 bridgehead atoms. The van der Waals surface area contributed by atoms with Crippen LogP contribution in [0, 0.1) is 6.92 Å². The van der Waals surface area contributed by atoms with Gasteiger partial charge >= 0.3 is 18.0 Å². The Labute approximate surface area is 155 Å². The van der Waals surface area contributed by atoms with Crippen molar-refractivity contribution in [2.75, 3.05) is 19.5 Å². The number of urea groups is 1. The van der Waals surface area contributed by atoms with Crippen LogP contribution in [0.2, 0.25) is 0 Å². The van der Waals surface area contributed by atoms with E-state index in [9.17, 15) is 18.0 Å². The van der Waals surface area contributed by atoms with E-state index in [1.165, 1.54) is 32.4 Å². The molecule has 0 atom stereocenters. The summed E-state index contributed by atoms with van der Waals surface area (Å²) in [6, 6.07) is 4.62. The molecule has 0 aliphatic heterocycles. The Bertz CT molecular complexity index is 963. The van der Waals surface area contributed by atoms with Gasteiger partial charge in [0.15, 0.2) is 0 Å². The van der Waals surface area contributed by atoms with E-state index in [-0.39, 0.29) is 34.7 Å². The molecule has 0 saturated carbocycles. The van der Waals surface area contributed by atoms with E-state index in [1.54, 1.807) is 13.0 Å². The minimum Gasteiger partial charge on any atom is -0.469 e. The molecule has 1 heterocycles. The van der Waals surface area contributed by atoms with Crippen molar-refractivity contribution in [3.63, 3.8) is 0 Å². The fraction of sp³-hybridized carbons (Fsp3) is 0.267. The number of aromatic nitrogens is 3. The fourth-order valence-corrected chi connectivity index (χ4v) is 3.20. The Balaban J connectivity index is 2.20. The lowest BCUT2D eigenvalue weighted by molar-refractivity contribution is -0.139.